The van der Waals surface area contributed by atoms with Gasteiger partial charge in [0.25, 0.3) is 0 Å². The minimum Gasteiger partial charge on any atom is -0.439 e. The van der Waals surface area contributed by atoms with Crippen LogP contribution in [0.4, 0.5) is 0 Å². The third kappa shape index (κ3) is 3.31. The first-order chi connectivity index (χ1) is 10.2. The van der Waals surface area contributed by atoms with Crippen LogP contribution in [0.5, 0.6) is 11.6 Å². The lowest BCUT2D eigenvalue weighted by Crippen LogP contribution is -1.90. The van der Waals surface area contributed by atoms with Gasteiger partial charge in [0, 0.05) is 10.5 Å². The first kappa shape index (κ1) is 13.8. The molecule has 0 radical (unpaired) electrons. The van der Waals surface area contributed by atoms with Crippen molar-refractivity contribution in [3.05, 3.63) is 76.9 Å². The monoisotopic (exact) mass is 339 g/mol. The Hall–Kier alpha value is -2.13. The van der Waals surface area contributed by atoms with Crippen LogP contribution in [0.2, 0.25) is 0 Å². The van der Waals surface area contributed by atoms with Crippen LogP contribution in [-0.2, 0) is 0 Å². The van der Waals surface area contributed by atoms with Crippen LogP contribution in [0, 0.1) is 6.92 Å². The normalized spacial score (nSPS) is 10.4. The predicted molar refractivity (Wildman–Crippen MR) is 88.6 cm³/mol. The lowest BCUT2D eigenvalue weighted by Gasteiger charge is -2.07. The highest BCUT2D eigenvalue weighted by molar-refractivity contribution is 9.10. The van der Waals surface area contributed by atoms with E-state index in [0.717, 1.165) is 15.9 Å². The summed E-state index contributed by atoms with van der Waals surface area (Å²) in [4.78, 5) is 4.38. The number of ether oxygens (including phenoxy) is 1. The van der Waals surface area contributed by atoms with E-state index in [1.54, 1.807) is 0 Å². The summed E-state index contributed by atoms with van der Waals surface area (Å²) in [5.41, 5.74) is 3.28. The van der Waals surface area contributed by atoms with Gasteiger partial charge in [0.15, 0.2) is 0 Å². The van der Waals surface area contributed by atoms with Crippen molar-refractivity contribution in [1.82, 2.24) is 4.98 Å². The molecule has 0 N–H and O–H groups in total. The van der Waals surface area contributed by atoms with Crippen LogP contribution in [-0.4, -0.2) is 4.98 Å². The highest BCUT2D eigenvalue weighted by Gasteiger charge is 2.03. The van der Waals surface area contributed by atoms with Crippen molar-refractivity contribution in [2.75, 3.05) is 0 Å². The van der Waals surface area contributed by atoms with Crippen LogP contribution < -0.4 is 4.74 Å². The molecular formula is C18H14BrNO. The SMILES string of the molecule is Cc1nc(Oc2ccc(-c3ccccc3)cc2)ccc1Br. The first-order valence-electron chi connectivity index (χ1n) is 6.69. The summed E-state index contributed by atoms with van der Waals surface area (Å²) < 4.78 is 6.75. The van der Waals surface area contributed by atoms with E-state index < -0.39 is 0 Å². The standard InChI is InChI=1S/C18H14BrNO/c1-13-17(19)11-12-18(20-13)21-16-9-7-15(8-10-16)14-5-3-2-4-6-14/h2-12H,1H3. The van der Waals surface area contributed by atoms with Gasteiger partial charge in [0.2, 0.25) is 5.88 Å². The number of aryl methyl sites for hydroxylation is 1. The molecule has 0 bridgehead atoms. The van der Waals surface area contributed by atoms with Gasteiger partial charge >= 0.3 is 0 Å². The van der Waals surface area contributed by atoms with Crippen LogP contribution in [0.25, 0.3) is 11.1 Å². The summed E-state index contributed by atoms with van der Waals surface area (Å²) in [6.45, 7) is 1.94. The van der Waals surface area contributed by atoms with E-state index >= 15 is 0 Å². The van der Waals surface area contributed by atoms with Gasteiger partial charge in [-0.1, -0.05) is 42.5 Å². The van der Waals surface area contributed by atoms with Gasteiger partial charge in [0.1, 0.15) is 5.75 Å². The Balaban J connectivity index is 1.80. The molecule has 0 spiro atoms. The van der Waals surface area contributed by atoms with E-state index in [1.807, 2.05) is 49.4 Å². The van der Waals surface area contributed by atoms with Gasteiger partial charge in [-0.15, -0.1) is 0 Å². The Labute approximate surface area is 132 Å². The maximum absolute atomic E-state index is 5.77. The molecule has 0 fully saturated rings. The Morgan fingerprint density at radius 2 is 1.48 bits per heavy atom. The van der Waals surface area contributed by atoms with Gasteiger partial charge in [-0.05, 0) is 52.2 Å². The van der Waals surface area contributed by atoms with Crippen LogP contribution in [0.15, 0.2) is 71.2 Å². The second-order valence-electron chi connectivity index (χ2n) is 4.71. The molecule has 2 aromatic carbocycles. The summed E-state index contributed by atoms with van der Waals surface area (Å²) in [5, 5.41) is 0. The molecule has 3 heteroatoms. The van der Waals surface area contributed by atoms with Crippen molar-refractivity contribution in [2.45, 2.75) is 6.92 Å². The second-order valence-corrected chi connectivity index (χ2v) is 5.56. The highest BCUT2D eigenvalue weighted by Crippen LogP contribution is 2.26. The van der Waals surface area contributed by atoms with Crippen molar-refractivity contribution in [2.24, 2.45) is 0 Å². The van der Waals surface area contributed by atoms with Gasteiger partial charge in [0.05, 0.1) is 5.69 Å². The highest BCUT2D eigenvalue weighted by atomic mass is 79.9. The molecule has 0 unspecified atom stereocenters. The molecule has 1 heterocycles. The number of hydrogen-bond acceptors (Lipinski definition) is 2. The molecule has 0 amide bonds. The zero-order chi connectivity index (χ0) is 14.7. The van der Waals surface area contributed by atoms with E-state index in [1.165, 1.54) is 11.1 Å². The van der Waals surface area contributed by atoms with E-state index in [-0.39, 0.29) is 0 Å². The summed E-state index contributed by atoms with van der Waals surface area (Å²) in [6, 6.07) is 22.1. The number of hydrogen-bond donors (Lipinski definition) is 0. The molecule has 104 valence electrons. The zero-order valence-corrected chi connectivity index (χ0v) is 13.2. The maximum Gasteiger partial charge on any atom is 0.219 e. The number of aromatic nitrogens is 1. The van der Waals surface area contributed by atoms with E-state index in [4.69, 9.17) is 4.74 Å². The molecule has 0 atom stereocenters. The predicted octanol–water partition coefficient (Wildman–Crippen LogP) is 5.61. The van der Waals surface area contributed by atoms with Gasteiger partial charge in [-0.25, -0.2) is 4.98 Å². The minimum atomic E-state index is 0.600. The van der Waals surface area contributed by atoms with Crippen LogP contribution >= 0.6 is 15.9 Å². The topological polar surface area (TPSA) is 22.1 Å². The minimum absolute atomic E-state index is 0.600. The smallest absolute Gasteiger partial charge is 0.219 e. The van der Waals surface area contributed by atoms with Gasteiger partial charge in [-0.2, -0.15) is 0 Å². The number of benzene rings is 2. The Morgan fingerprint density at radius 1 is 0.810 bits per heavy atom. The first-order valence-corrected chi connectivity index (χ1v) is 7.48. The molecule has 0 saturated carbocycles. The summed E-state index contributed by atoms with van der Waals surface area (Å²) in [5.74, 6) is 1.38. The second kappa shape index (κ2) is 6.10. The number of pyridine rings is 1. The maximum atomic E-state index is 5.77. The van der Waals surface area contributed by atoms with Crippen molar-refractivity contribution in [3.63, 3.8) is 0 Å². The van der Waals surface area contributed by atoms with Crippen LogP contribution in [0.3, 0.4) is 0 Å². The molecule has 0 aliphatic heterocycles. The number of nitrogens with zero attached hydrogens (tertiary/aromatic N) is 1. The molecule has 0 aliphatic rings. The third-order valence-electron chi connectivity index (χ3n) is 3.18. The van der Waals surface area contributed by atoms with Crippen molar-refractivity contribution in [3.8, 4) is 22.8 Å². The molecule has 2 nitrogen and oxygen atoms in total. The Kier molecular flexibility index (Phi) is 4.02. The van der Waals surface area contributed by atoms with E-state index in [9.17, 15) is 0 Å². The quantitative estimate of drug-likeness (QED) is 0.618. The van der Waals surface area contributed by atoms with Crippen molar-refractivity contribution in [1.29, 1.82) is 0 Å². The van der Waals surface area contributed by atoms with Gasteiger partial charge in [-0.3, -0.25) is 0 Å². The summed E-state index contributed by atoms with van der Waals surface area (Å²) >= 11 is 3.43. The summed E-state index contributed by atoms with van der Waals surface area (Å²) in [7, 11) is 0. The molecular weight excluding hydrogens is 326 g/mol. The molecule has 0 aliphatic carbocycles. The third-order valence-corrected chi connectivity index (χ3v) is 4.02. The zero-order valence-electron chi connectivity index (χ0n) is 11.6. The van der Waals surface area contributed by atoms with E-state index in [2.05, 4.69) is 45.2 Å². The Morgan fingerprint density at radius 3 is 2.14 bits per heavy atom. The average Bonchev–Trinajstić information content (AvgIpc) is 2.53. The summed E-state index contributed by atoms with van der Waals surface area (Å²) in [6.07, 6.45) is 0. The van der Waals surface area contributed by atoms with Gasteiger partial charge < -0.3 is 4.74 Å². The molecule has 0 saturated heterocycles. The van der Waals surface area contributed by atoms with Crippen molar-refractivity contribution >= 4 is 15.9 Å². The fraction of sp³-hybridized carbons (Fsp3) is 0.0556. The molecule has 21 heavy (non-hydrogen) atoms. The largest absolute Gasteiger partial charge is 0.439 e. The van der Waals surface area contributed by atoms with Crippen molar-refractivity contribution < 1.29 is 4.74 Å². The average molecular weight is 340 g/mol. The fourth-order valence-corrected chi connectivity index (χ4v) is 2.27. The molecule has 1 aromatic heterocycles. The lowest BCUT2D eigenvalue weighted by atomic mass is 10.1. The number of rotatable bonds is 3. The number of halogens is 1. The molecule has 3 rings (SSSR count). The van der Waals surface area contributed by atoms with E-state index in [0.29, 0.717) is 5.88 Å². The fourth-order valence-electron chi connectivity index (χ4n) is 2.04. The lowest BCUT2D eigenvalue weighted by molar-refractivity contribution is 0.461. The molecule has 3 aromatic rings. The van der Waals surface area contributed by atoms with Crippen LogP contribution in [0.1, 0.15) is 5.69 Å². The Bertz CT molecular complexity index is 739.